The Morgan fingerprint density at radius 3 is 2.85 bits per heavy atom. The fraction of sp³-hybridized carbons (Fsp3) is 0.571. The highest BCUT2D eigenvalue weighted by Gasteiger charge is 2.29. The summed E-state index contributed by atoms with van der Waals surface area (Å²) in [4.78, 5) is 19.2. The van der Waals surface area contributed by atoms with Gasteiger partial charge in [0.15, 0.2) is 0 Å². The van der Waals surface area contributed by atoms with Crippen molar-refractivity contribution in [1.29, 1.82) is 0 Å². The number of aromatic nitrogens is 2. The average Bonchev–Trinajstić information content (AvgIpc) is 3.19. The van der Waals surface area contributed by atoms with Crippen LogP contribution in [0.5, 0.6) is 0 Å². The maximum Gasteiger partial charge on any atom is 0.317 e. The molecular weight excluding hydrogens is 340 g/mol. The summed E-state index contributed by atoms with van der Waals surface area (Å²) < 4.78 is 5.56. The van der Waals surface area contributed by atoms with Gasteiger partial charge in [-0.05, 0) is 38.7 Å². The Bertz CT molecular complexity index is 782. The highest BCUT2D eigenvalue weighted by atomic mass is 16.5. The molecule has 2 fully saturated rings. The molecule has 1 N–H and O–H groups in total. The van der Waals surface area contributed by atoms with Gasteiger partial charge in [-0.2, -0.15) is 4.98 Å². The first-order valence-corrected chi connectivity index (χ1v) is 10.1. The minimum absolute atomic E-state index is 0.0602. The molecule has 0 spiro atoms. The number of piperidine rings is 1. The number of carbonyl (C=O) groups excluding carboxylic acids is 1. The molecule has 144 valence electrons. The molecule has 27 heavy (non-hydrogen) atoms. The van der Waals surface area contributed by atoms with Crippen LogP contribution in [0.4, 0.5) is 4.79 Å². The predicted molar refractivity (Wildman–Crippen MR) is 103 cm³/mol. The van der Waals surface area contributed by atoms with E-state index in [0.717, 1.165) is 37.8 Å². The third-order valence-corrected chi connectivity index (χ3v) is 5.71. The van der Waals surface area contributed by atoms with E-state index in [1.54, 1.807) is 0 Å². The fourth-order valence-corrected chi connectivity index (χ4v) is 4.18. The number of aryl methyl sites for hydroxylation is 1. The number of hydrogen-bond donors (Lipinski definition) is 1. The molecule has 2 amide bonds. The van der Waals surface area contributed by atoms with Gasteiger partial charge in [0.2, 0.25) is 11.7 Å². The van der Waals surface area contributed by atoms with Crippen LogP contribution in [-0.4, -0.2) is 40.2 Å². The molecule has 1 aromatic carbocycles. The highest BCUT2D eigenvalue weighted by Crippen LogP contribution is 2.28. The largest absolute Gasteiger partial charge is 0.339 e. The van der Waals surface area contributed by atoms with Gasteiger partial charge in [0.25, 0.3) is 0 Å². The summed E-state index contributed by atoms with van der Waals surface area (Å²) in [6.45, 7) is 3.50. The molecule has 1 saturated heterocycles. The molecule has 6 heteroatoms. The van der Waals surface area contributed by atoms with Gasteiger partial charge in [-0.25, -0.2) is 4.79 Å². The Balaban J connectivity index is 1.40. The number of likely N-dealkylation sites (tertiary alicyclic amines) is 1. The van der Waals surface area contributed by atoms with Crippen molar-refractivity contribution in [3.05, 3.63) is 35.7 Å². The normalized spacial score (nSPS) is 21.2. The van der Waals surface area contributed by atoms with Crippen molar-refractivity contribution in [2.45, 2.75) is 63.8 Å². The number of rotatable bonds is 3. The highest BCUT2D eigenvalue weighted by molar-refractivity contribution is 5.74. The Morgan fingerprint density at radius 2 is 2.04 bits per heavy atom. The third kappa shape index (κ3) is 4.31. The van der Waals surface area contributed by atoms with Crippen molar-refractivity contribution in [2.24, 2.45) is 0 Å². The maximum atomic E-state index is 12.7. The molecule has 2 heterocycles. The van der Waals surface area contributed by atoms with E-state index < -0.39 is 0 Å². The van der Waals surface area contributed by atoms with Crippen LogP contribution in [0.3, 0.4) is 0 Å². The standard InChI is InChI=1S/C21H28N4O2/c1-15-7-5-8-16(13-15)19-23-20(27-24-19)17-9-6-12-25(14-17)21(26)22-18-10-3-2-4-11-18/h5,7-8,13,17-18H,2-4,6,9-12,14H2,1H3,(H,22,26). The minimum Gasteiger partial charge on any atom is -0.339 e. The lowest BCUT2D eigenvalue weighted by Gasteiger charge is -2.33. The number of benzene rings is 1. The lowest BCUT2D eigenvalue weighted by molar-refractivity contribution is 0.166. The number of nitrogens with one attached hydrogen (secondary N) is 1. The summed E-state index contributed by atoms with van der Waals surface area (Å²) in [5, 5.41) is 7.38. The Labute approximate surface area is 160 Å². The lowest BCUT2D eigenvalue weighted by atomic mass is 9.95. The van der Waals surface area contributed by atoms with E-state index in [0.29, 0.717) is 24.3 Å². The molecule has 1 aliphatic heterocycles. The van der Waals surface area contributed by atoms with Crippen molar-refractivity contribution in [2.75, 3.05) is 13.1 Å². The van der Waals surface area contributed by atoms with E-state index in [9.17, 15) is 4.79 Å². The number of carbonyl (C=O) groups is 1. The second kappa shape index (κ2) is 8.11. The zero-order chi connectivity index (χ0) is 18.6. The number of nitrogens with zero attached hydrogens (tertiary/aromatic N) is 3. The maximum absolute atomic E-state index is 12.7. The smallest absolute Gasteiger partial charge is 0.317 e. The van der Waals surface area contributed by atoms with Crippen molar-refractivity contribution in [1.82, 2.24) is 20.4 Å². The summed E-state index contributed by atoms with van der Waals surface area (Å²) >= 11 is 0. The van der Waals surface area contributed by atoms with Crippen LogP contribution in [0, 0.1) is 6.92 Å². The van der Waals surface area contributed by atoms with E-state index in [1.165, 1.54) is 24.8 Å². The van der Waals surface area contributed by atoms with Gasteiger partial charge in [-0.3, -0.25) is 0 Å². The lowest BCUT2D eigenvalue weighted by Crippen LogP contribution is -2.48. The number of hydrogen-bond acceptors (Lipinski definition) is 4. The Morgan fingerprint density at radius 1 is 1.19 bits per heavy atom. The zero-order valence-corrected chi connectivity index (χ0v) is 16.0. The molecule has 2 aliphatic rings. The van der Waals surface area contributed by atoms with E-state index >= 15 is 0 Å². The third-order valence-electron chi connectivity index (χ3n) is 5.71. The molecule has 6 nitrogen and oxygen atoms in total. The molecule has 0 bridgehead atoms. The van der Waals surface area contributed by atoms with Crippen LogP contribution in [0.1, 0.15) is 62.3 Å². The van der Waals surface area contributed by atoms with Crippen LogP contribution >= 0.6 is 0 Å². The molecule has 1 aliphatic carbocycles. The first kappa shape index (κ1) is 18.0. The van der Waals surface area contributed by atoms with Crippen molar-refractivity contribution in [3.8, 4) is 11.4 Å². The Kier molecular flexibility index (Phi) is 5.41. The van der Waals surface area contributed by atoms with Crippen LogP contribution in [0.15, 0.2) is 28.8 Å². The molecule has 4 rings (SSSR count). The van der Waals surface area contributed by atoms with Crippen molar-refractivity contribution >= 4 is 6.03 Å². The van der Waals surface area contributed by atoms with Gasteiger partial charge < -0.3 is 14.7 Å². The second-order valence-electron chi connectivity index (χ2n) is 7.90. The van der Waals surface area contributed by atoms with Gasteiger partial charge >= 0.3 is 6.03 Å². The van der Waals surface area contributed by atoms with Gasteiger partial charge in [0.05, 0.1) is 5.92 Å². The molecule has 1 saturated carbocycles. The summed E-state index contributed by atoms with van der Waals surface area (Å²) in [7, 11) is 0. The first-order chi connectivity index (χ1) is 13.2. The monoisotopic (exact) mass is 368 g/mol. The quantitative estimate of drug-likeness (QED) is 0.878. The molecule has 1 aromatic heterocycles. The van der Waals surface area contributed by atoms with E-state index in [2.05, 4.69) is 34.5 Å². The predicted octanol–water partition coefficient (Wildman–Crippen LogP) is 4.27. The van der Waals surface area contributed by atoms with Crippen LogP contribution in [0.2, 0.25) is 0 Å². The van der Waals surface area contributed by atoms with Crippen molar-refractivity contribution < 1.29 is 9.32 Å². The molecule has 2 aromatic rings. The number of amides is 2. The summed E-state index contributed by atoms with van der Waals surface area (Å²) in [6.07, 6.45) is 7.87. The average molecular weight is 368 g/mol. The zero-order valence-electron chi connectivity index (χ0n) is 16.0. The van der Waals surface area contributed by atoms with Gasteiger partial charge in [-0.15, -0.1) is 0 Å². The van der Waals surface area contributed by atoms with E-state index in [-0.39, 0.29) is 11.9 Å². The molecule has 1 unspecified atom stereocenters. The van der Waals surface area contributed by atoms with Gasteiger partial charge in [0.1, 0.15) is 0 Å². The summed E-state index contributed by atoms with van der Waals surface area (Å²) in [5.41, 5.74) is 2.13. The molecular formula is C21H28N4O2. The van der Waals surface area contributed by atoms with E-state index in [1.807, 2.05) is 17.0 Å². The topological polar surface area (TPSA) is 71.3 Å². The minimum atomic E-state index is 0.0602. The fourth-order valence-electron chi connectivity index (χ4n) is 4.18. The van der Waals surface area contributed by atoms with Crippen LogP contribution in [-0.2, 0) is 0 Å². The Hall–Kier alpha value is -2.37. The number of urea groups is 1. The van der Waals surface area contributed by atoms with Gasteiger partial charge in [-0.1, -0.05) is 48.2 Å². The van der Waals surface area contributed by atoms with Crippen LogP contribution in [0.25, 0.3) is 11.4 Å². The molecule has 0 radical (unpaired) electrons. The second-order valence-corrected chi connectivity index (χ2v) is 7.90. The first-order valence-electron chi connectivity index (χ1n) is 10.1. The molecule has 1 atom stereocenters. The van der Waals surface area contributed by atoms with Crippen molar-refractivity contribution in [3.63, 3.8) is 0 Å². The van der Waals surface area contributed by atoms with Gasteiger partial charge in [0, 0.05) is 24.7 Å². The SMILES string of the molecule is Cc1cccc(-c2noc(C3CCCN(C(=O)NC4CCCCC4)C3)n2)c1. The summed E-state index contributed by atoms with van der Waals surface area (Å²) in [6, 6.07) is 8.49. The van der Waals surface area contributed by atoms with Crippen LogP contribution < -0.4 is 5.32 Å². The van der Waals surface area contributed by atoms with E-state index in [4.69, 9.17) is 4.52 Å². The summed E-state index contributed by atoms with van der Waals surface area (Å²) in [5.74, 6) is 1.38.